The van der Waals surface area contributed by atoms with Gasteiger partial charge in [0.2, 0.25) is 0 Å². The molecule has 1 fully saturated rings. The average Bonchev–Trinajstić information content (AvgIpc) is 3.75. The van der Waals surface area contributed by atoms with Crippen LogP contribution in [-0.2, 0) is 31.4 Å². The molecule has 67 heavy (non-hydrogen) atoms. The van der Waals surface area contributed by atoms with Gasteiger partial charge in [0.25, 0.3) is 5.91 Å². The van der Waals surface area contributed by atoms with Crippen LogP contribution in [-0.4, -0.2) is 32.4 Å². The first-order chi connectivity index (χ1) is 32.4. The molecule has 1 saturated heterocycles. The number of fused-ring (bicyclic) bond motifs is 2. The largest absolute Gasteiger partial charge is 0.512 e. The Hall–Kier alpha value is -7.76. The van der Waals surface area contributed by atoms with Crippen molar-refractivity contribution in [3.63, 3.8) is 0 Å². The average molecular weight is 1040 g/mol. The van der Waals surface area contributed by atoms with Gasteiger partial charge in [-0.15, -0.1) is 59.7 Å². The van der Waals surface area contributed by atoms with Gasteiger partial charge in [0, 0.05) is 33.2 Å². The van der Waals surface area contributed by atoms with Crippen LogP contribution in [0.5, 0.6) is 0 Å². The third-order valence-electron chi connectivity index (χ3n) is 12.7. The minimum Gasteiger partial charge on any atom is -0.512 e. The molecule has 6 heteroatoms. The number of aromatic nitrogens is 2. The molecule has 3 heterocycles. The summed E-state index contributed by atoms with van der Waals surface area (Å²) in [5.74, 6) is -0.0128. The molecule has 0 unspecified atom stereocenters. The van der Waals surface area contributed by atoms with Crippen LogP contribution in [0.1, 0.15) is 18.9 Å². The normalized spacial score (nSPS) is 13.2. The van der Waals surface area contributed by atoms with Gasteiger partial charge in [0.1, 0.15) is 0 Å². The molecule has 1 radical (unpaired) electrons. The molecule has 1 aliphatic rings. The number of carbonyl (C=O) groups is 1. The third kappa shape index (κ3) is 8.61. The quantitative estimate of drug-likeness (QED) is 0.0889. The fourth-order valence-electron chi connectivity index (χ4n) is 9.28. The summed E-state index contributed by atoms with van der Waals surface area (Å²) < 4.78 is 0. The van der Waals surface area contributed by atoms with E-state index in [2.05, 4.69) is 170 Å². The zero-order valence-electron chi connectivity index (χ0n) is 36.7. The monoisotopic (exact) mass is 1040 g/mol. The molecule has 11 rings (SSSR count). The molecule has 0 atom stereocenters. The van der Waals surface area contributed by atoms with Crippen LogP contribution >= 0.6 is 0 Å². The van der Waals surface area contributed by atoms with Crippen LogP contribution in [0.25, 0.3) is 100.0 Å². The Morgan fingerprint density at radius 3 is 1.42 bits per heavy atom. The minimum absolute atomic E-state index is 0. The third-order valence-corrected chi connectivity index (χ3v) is 12.7. The van der Waals surface area contributed by atoms with E-state index in [1.165, 1.54) is 0 Å². The van der Waals surface area contributed by atoms with Crippen LogP contribution in [0.2, 0.25) is 0 Å². The minimum atomic E-state index is -0.111. The topological polar surface area (TPSA) is 66.3 Å². The summed E-state index contributed by atoms with van der Waals surface area (Å²) in [4.78, 5) is 25.1. The molecule has 1 amide bonds. The fourth-order valence-corrected chi connectivity index (χ4v) is 9.28. The number of pyridine rings is 2. The van der Waals surface area contributed by atoms with Crippen molar-refractivity contribution in [3.05, 3.63) is 229 Å². The van der Waals surface area contributed by atoms with E-state index >= 15 is 0 Å². The van der Waals surface area contributed by atoms with Crippen molar-refractivity contribution in [2.45, 2.75) is 19.9 Å². The first kappa shape index (κ1) is 43.1. The van der Waals surface area contributed by atoms with Gasteiger partial charge in [-0.2, -0.15) is 0 Å². The number of benzene rings is 8. The summed E-state index contributed by atoms with van der Waals surface area (Å²) in [6.07, 6.45) is 0.533. The zero-order valence-corrected chi connectivity index (χ0v) is 39.1. The Morgan fingerprint density at radius 1 is 0.522 bits per heavy atom. The summed E-state index contributed by atoms with van der Waals surface area (Å²) in [5, 5.41) is 12.5. The van der Waals surface area contributed by atoms with E-state index in [0.717, 1.165) is 106 Å². The number of rotatable bonds is 9. The summed E-state index contributed by atoms with van der Waals surface area (Å²) in [6, 6.07) is 76.7. The first-order valence-corrected chi connectivity index (χ1v) is 22.3. The van der Waals surface area contributed by atoms with Crippen molar-refractivity contribution < 1.29 is 30.0 Å². The Balaban J connectivity index is 0.00000525. The summed E-state index contributed by atoms with van der Waals surface area (Å²) >= 11 is 0. The molecule has 0 spiro atoms. The van der Waals surface area contributed by atoms with Gasteiger partial charge < -0.3 is 10.0 Å². The van der Waals surface area contributed by atoms with Gasteiger partial charge in [-0.05, 0) is 105 Å². The number of hydrogen-bond donors (Lipinski definition) is 1. The Kier molecular flexibility index (Phi) is 12.0. The molecule has 10 aromatic rings. The van der Waals surface area contributed by atoms with Crippen molar-refractivity contribution in [1.29, 1.82) is 0 Å². The van der Waals surface area contributed by atoms with Gasteiger partial charge in [-0.1, -0.05) is 156 Å². The van der Waals surface area contributed by atoms with Gasteiger partial charge in [0.05, 0.1) is 22.4 Å². The number of para-hydroxylation sites is 2. The second-order valence-electron chi connectivity index (χ2n) is 16.8. The number of aliphatic hydroxyl groups is 1. The number of aliphatic hydroxyl groups excluding tert-OH is 1. The van der Waals surface area contributed by atoms with Crippen molar-refractivity contribution in [2.24, 2.45) is 0 Å². The van der Waals surface area contributed by atoms with Gasteiger partial charge >= 0.3 is 0 Å². The van der Waals surface area contributed by atoms with Crippen molar-refractivity contribution >= 4 is 27.7 Å². The second kappa shape index (κ2) is 18.6. The Bertz CT molecular complexity index is 3320. The molecule has 5 nitrogen and oxygen atoms in total. The number of carbonyl (C=O) groups excluding carboxylic acids is 1. The zero-order chi connectivity index (χ0) is 44.6. The molecule has 1 aliphatic heterocycles. The van der Waals surface area contributed by atoms with Crippen molar-refractivity contribution in [1.82, 2.24) is 14.9 Å². The molecule has 2 aromatic heterocycles. The van der Waals surface area contributed by atoms with Crippen molar-refractivity contribution in [3.8, 4) is 78.1 Å². The van der Waals surface area contributed by atoms with Crippen LogP contribution in [0, 0.1) is 12.1 Å². The van der Waals surface area contributed by atoms with E-state index in [9.17, 15) is 9.90 Å². The molecule has 0 saturated carbocycles. The van der Waals surface area contributed by atoms with Crippen LogP contribution in [0.3, 0.4) is 0 Å². The number of hydrogen-bond acceptors (Lipinski definition) is 4. The maximum atomic E-state index is 13.4. The summed E-state index contributed by atoms with van der Waals surface area (Å²) in [5.41, 5.74) is 17.7. The second-order valence-corrected chi connectivity index (χ2v) is 16.8. The summed E-state index contributed by atoms with van der Waals surface area (Å²) in [6.45, 7) is 2.59. The molecule has 0 aliphatic carbocycles. The molecule has 0 bridgehead atoms. The predicted octanol–water partition coefficient (Wildman–Crippen LogP) is 14.6. The number of allylic oxidation sites excluding steroid dienone is 1. The maximum Gasteiger partial charge on any atom is 0.253 e. The van der Waals surface area contributed by atoms with E-state index in [4.69, 9.17) is 9.97 Å². The fraction of sp³-hybridized carbons (Fsp3) is 0.0656. The summed E-state index contributed by atoms with van der Waals surface area (Å²) in [7, 11) is 0. The Labute approximate surface area is 404 Å². The van der Waals surface area contributed by atoms with E-state index in [1.54, 1.807) is 6.92 Å². The Morgan fingerprint density at radius 2 is 0.955 bits per heavy atom. The smallest absolute Gasteiger partial charge is 0.253 e. The van der Waals surface area contributed by atoms with Gasteiger partial charge in [-0.3, -0.25) is 14.8 Å². The number of nitrogens with zero attached hydrogens (tertiary/aromatic N) is 3. The molecular formula is C61H43IrN3O2-2. The predicted molar refractivity (Wildman–Crippen MR) is 268 cm³/mol. The van der Waals surface area contributed by atoms with E-state index < -0.39 is 0 Å². The number of likely N-dealkylation sites (tertiary alicyclic amines) is 1. The number of amides is 1. The molecule has 8 aromatic carbocycles. The van der Waals surface area contributed by atoms with E-state index in [-0.39, 0.29) is 31.8 Å². The first-order valence-electron chi connectivity index (χ1n) is 22.3. The van der Waals surface area contributed by atoms with Crippen molar-refractivity contribution in [2.75, 3.05) is 6.54 Å². The van der Waals surface area contributed by atoms with E-state index in [0.29, 0.717) is 25.1 Å². The van der Waals surface area contributed by atoms with Gasteiger partial charge in [0.15, 0.2) is 0 Å². The molecule has 325 valence electrons. The van der Waals surface area contributed by atoms with Crippen LogP contribution < -0.4 is 0 Å². The van der Waals surface area contributed by atoms with Crippen LogP contribution in [0.15, 0.2) is 212 Å². The SMILES string of the molecule is C/C(O)=C1\CCN(Cc2ccccc2-c2cc(-c3ccccc3-c3c[c-]c(-c4ccc5ccccc5n4)cc3)cc(-c3ccccc3-c3c[c-]c(-c4ccc5ccccc5n4)cc3)c2)C1=O.[Ir]. The van der Waals surface area contributed by atoms with E-state index in [1.807, 2.05) is 47.4 Å². The van der Waals surface area contributed by atoms with Crippen LogP contribution in [0.4, 0.5) is 0 Å². The van der Waals surface area contributed by atoms with Gasteiger partial charge in [-0.25, -0.2) is 0 Å². The molecular weight excluding hydrogens is 999 g/mol. The standard InChI is InChI=1S/C61H43N3O2.Ir/c1-40(65)51-34-35-64(61(51)66)39-47-14-2-5-15-52(47)48-36-49(55-18-8-6-16-53(55)41-22-26-45(27-23-41)59-32-30-43-12-3-10-20-57(43)62-59)38-50(37-48)56-19-9-7-17-54(56)42-24-28-46(29-25-42)60-33-31-44-13-4-11-21-58(44)63-60;/h2-26,28,30-33,36-38,65H,34-35,39H2,1H3;/q-2;/b51-40-;. The maximum absolute atomic E-state index is 13.4. The molecule has 1 N–H and O–H groups in total.